The first-order valence-electron chi connectivity index (χ1n) is 4.95. The van der Waals surface area contributed by atoms with Crippen LogP contribution in [0.5, 0.6) is 0 Å². The molecule has 0 fully saturated rings. The summed E-state index contributed by atoms with van der Waals surface area (Å²) in [4.78, 5) is 0. The highest BCUT2D eigenvalue weighted by Crippen LogP contribution is 2.17. The lowest BCUT2D eigenvalue weighted by molar-refractivity contribution is 0.880. The van der Waals surface area contributed by atoms with E-state index in [1.807, 2.05) is 47.3 Å². The van der Waals surface area contributed by atoms with Gasteiger partial charge in [-0.25, -0.2) is 4.68 Å². The van der Waals surface area contributed by atoms with Crippen LogP contribution in [-0.2, 0) is 0 Å². The Labute approximate surface area is 92.6 Å². The summed E-state index contributed by atoms with van der Waals surface area (Å²) >= 11 is 0. The lowest BCUT2D eigenvalue weighted by Crippen LogP contribution is -1.93. The zero-order valence-corrected chi connectivity index (χ0v) is 8.46. The van der Waals surface area contributed by atoms with Crippen LogP contribution >= 0.6 is 0 Å². The van der Waals surface area contributed by atoms with Crippen molar-refractivity contribution in [3.8, 4) is 16.9 Å². The summed E-state index contributed by atoms with van der Waals surface area (Å²) in [5, 5.41) is 10.9. The van der Waals surface area contributed by atoms with Crippen molar-refractivity contribution < 1.29 is 0 Å². The maximum atomic E-state index is 4.17. The van der Waals surface area contributed by atoms with Gasteiger partial charge in [-0.2, -0.15) is 10.2 Å². The molecular formula is C12H9N4. The van der Waals surface area contributed by atoms with Crippen molar-refractivity contribution in [3.05, 3.63) is 55.0 Å². The van der Waals surface area contributed by atoms with E-state index >= 15 is 0 Å². The highest BCUT2D eigenvalue weighted by molar-refractivity contribution is 5.59. The number of hydrogen-bond acceptors (Lipinski definition) is 2. The summed E-state index contributed by atoms with van der Waals surface area (Å²) in [7, 11) is 0. The second kappa shape index (κ2) is 3.66. The first kappa shape index (κ1) is 8.91. The maximum Gasteiger partial charge on any atom is 0.113 e. The minimum Gasteiger partial charge on any atom is -0.277 e. The summed E-state index contributed by atoms with van der Waals surface area (Å²) in [6.45, 7) is 0. The summed E-state index contributed by atoms with van der Waals surface area (Å²) in [6.07, 6.45) is 6.42. The van der Waals surface area contributed by atoms with Gasteiger partial charge < -0.3 is 0 Å². The Kier molecular flexibility index (Phi) is 2.04. The van der Waals surface area contributed by atoms with E-state index in [9.17, 15) is 0 Å². The molecular weight excluding hydrogens is 200 g/mol. The Morgan fingerprint density at radius 3 is 2.69 bits per heavy atom. The minimum atomic E-state index is 0.965. The Bertz CT molecular complexity index is 496. The Morgan fingerprint density at radius 2 is 2.06 bits per heavy atom. The number of rotatable bonds is 2. The molecule has 1 N–H and O–H groups in total. The largest absolute Gasteiger partial charge is 0.277 e. The van der Waals surface area contributed by atoms with E-state index in [4.69, 9.17) is 0 Å². The van der Waals surface area contributed by atoms with Gasteiger partial charge in [0.1, 0.15) is 6.20 Å². The van der Waals surface area contributed by atoms with E-state index < -0.39 is 0 Å². The number of aromatic nitrogens is 4. The number of nitrogens with one attached hydrogen (secondary N) is 1. The molecule has 4 heteroatoms. The average molecular weight is 209 g/mol. The van der Waals surface area contributed by atoms with Gasteiger partial charge in [0.2, 0.25) is 0 Å². The fourth-order valence-electron chi connectivity index (χ4n) is 1.58. The molecule has 1 radical (unpaired) electrons. The monoisotopic (exact) mass is 209 g/mol. The van der Waals surface area contributed by atoms with E-state index in [-0.39, 0.29) is 0 Å². The van der Waals surface area contributed by atoms with Gasteiger partial charge in [0.15, 0.2) is 0 Å². The molecule has 3 aromatic rings. The lowest BCUT2D eigenvalue weighted by Gasteiger charge is -2.02. The summed E-state index contributed by atoms with van der Waals surface area (Å²) in [6, 6.07) is 11.8. The molecule has 0 aliphatic heterocycles. The molecule has 0 unspecified atom stereocenters. The molecule has 0 spiro atoms. The Hall–Kier alpha value is -2.36. The molecule has 0 amide bonds. The standard InChI is InChI=1S/C12H9N4/c1-7-14-16(9-1)11-4-2-10(3-5-11)12-6-8-13-15-12/h1-7,9H,(H,13,15). The smallest absolute Gasteiger partial charge is 0.113 e. The first-order valence-corrected chi connectivity index (χ1v) is 4.95. The number of hydrogen-bond donors (Lipinski definition) is 1. The van der Waals surface area contributed by atoms with E-state index in [1.165, 1.54) is 0 Å². The van der Waals surface area contributed by atoms with E-state index in [1.54, 1.807) is 6.20 Å². The predicted molar refractivity (Wildman–Crippen MR) is 60.0 cm³/mol. The summed E-state index contributed by atoms with van der Waals surface area (Å²) in [5.41, 5.74) is 3.09. The van der Waals surface area contributed by atoms with Gasteiger partial charge in [0, 0.05) is 12.4 Å². The number of aromatic amines is 1. The van der Waals surface area contributed by atoms with E-state index in [2.05, 4.69) is 21.5 Å². The molecule has 0 aliphatic carbocycles. The van der Waals surface area contributed by atoms with Gasteiger partial charge in [-0.05, 0) is 29.8 Å². The molecule has 77 valence electrons. The maximum absolute atomic E-state index is 4.17. The van der Waals surface area contributed by atoms with Crippen LogP contribution in [0.3, 0.4) is 0 Å². The highest BCUT2D eigenvalue weighted by atomic mass is 15.3. The SMILES string of the molecule is [c]1cc(-c2ccc(-n3cccn3)cc2)[nH]n1. The molecule has 1 aromatic carbocycles. The molecule has 16 heavy (non-hydrogen) atoms. The Morgan fingerprint density at radius 1 is 1.19 bits per heavy atom. The van der Waals surface area contributed by atoms with Crippen LogP contribution in [0.1, 0.15) is 0 Å². The molecule has 3 rings (SSSR count). The Balaban J connectivity index is 1.97. The van der Waals surface area contributed by atoms with Gasteiger partial charge >= 0.3 is 0 Å². The van der Waals surface area contributed by atoms with Gasteiger partial charge in [0.25, 0.3) is 0 Å². The van der Waals surface area contributed by atoms with Crippen molar-refractivity contribution in [2.75, 3.05) is 0 Å². The van der Waals surface area contributed by atoms with Crippen molar-refractivity contribution in [2.45, 2.75) is 0 Å². The lowest BCUT2D eigenvalue weighted by atomic mass is 10.1. The quantitative estimate of drug-likeness (QED) is 0.702. The molecule has 2 heterocycles. The highest BCUT2D eigenvalue weighted by Gasteiger charge is 2.00. The fourth-order valence-corrected chi connectivity index (χ4v) is 1.58. The van der Waals surface area contributed by atoms with Crippen LogP contribution in [0.2, 0.25) is 0 Å². The van der Waals surface area contributed by atoms with Crippen LogP contribution in [0.15, 0.2) is 48.8 Å². The van der Waals surface area contributed by atoms with Gasteiger partial charge in [-0.15, -0.1) is 0 Å². The number of H-pyrrole nitrogens is 1. The normalized spacial score (nSPS) is 10.5. The third-order valence-corrected chi connectivity index (χ3v) is 2.40. The second-order valence-electron chi connectivity index (χ2n) is 3.41. The second-order valence-corrected chi connectivity index (χ2v) is 3.41. The van der Waals surface area contributed by atoms with Gasteiger partial charge in [-0.3, -0.25) is 5.10 Å². The van der Waals surface area contributed by atoms with E-state index in [0.717, 1.165) is 16.9 Å². The third kappa shape index (κ3) is 1.50. The van der Waals surface area contributed by atoms with Crippen molar-refractivity contribution in [2.24, 2.45) is 0 Å². The van der Waals surface area contributed by atoms with Crippen LogP contribution in [0.4, 0.5) is 0 Å². The minimum absolute atomic E-state index is 0.965. The van der Waals surface area contributed by atoms with Crippen LogP contribution in [0.25, 0.3) is 16.9 Å². The molecule has 0 saturated carbocycles. The van der Waals surface area contributed by atoms with Gasteiger partial charge in [-0.1, -0.05) is 12.1 Å². The molecule has 0 bridgehead atoms. The van der Waals surface area contributed by atoms with Crippen molar-refractivity contribution in [3.63, 3.8) is 0 Å². The molecule has 0 atom stereocenters. The topological polar surface area (TPSA) is 46.5 Å². The summed E-state index contributed by atoms with van der Waals surface area (Å²) < 4.78 is 1.82. The number of benzene rings is 1. The summed E-state index contributed by atoms with van der Waals surface area (Å²) in [5.74, 6) is 0. The van der Waals surface area contributed by atoms with Crippen LogP contribution < -0.4 is 0 Å². The van der Waals surface area contributed by atoms with Crippen molar-refractivity contribution in [1.29, 1.82) is 0 Å². The number of nitrogens with zero attached hydrogens (tertiary/aromatic N) is 3. The molecule has 0 aliphatic rings. The zero-order valence-electron chi connectivity index (χ0n) is 8.46. The van der Waals surface area contributed by atoms with Crippen molar-refractivity contribution >= 4 is 0 Å². The molecule has 4 nitrogen and oxygen atoms in total. The average Bonchev–Trinajstić information content (AvgIpc) is 3.03. The molecule has 0 saturated heterocycles. The van der Waals surface area contributed by atoms with Gasteiger partial charge in [0.05, 0.1) is 11.4 Å². The van der Waals surface area contributed by atoms with Crippen molar-refractivity contribution in [1.82, 2.24) is 20.0 Å². The zero-order chi connectivity index (χ0) is 10.8. The first-order chi connectivity index (χ1) is 7.93. The fraction of sp³-hybridized carbons (Fsp3) is 0. The third-order valence-electron chi connectivity index (χ3n) is 2.40. The predicted octanol–water partition coefficient (Wildman–Crippen LogP) is 2.06. The van der Waals surface area contributed by atoms with Crippen LogP contribution in [-0.4, -0.2) is 20.0 Å². The molecule has 2 aromatic heterocycles. The van der Waals surface area contributed by atoms with Crippen LogP contribution in [0, 0.1) is 6.20 Å². The van der Waals surface area contributed by atoms with E-state index in [0.29, 0.717) is 0 Å².